The summed E-state index contributed by atoms with van der Waals surface area (Å²) in [4.78, 5) is 37.9. The molecule has 0 heterocycles. The van der Waals surface area contributed by atoms with Crippen molar-refractivity contribution in [2.75, 3.05) is 13.2 Å². The van der Waals surface area contributed by atoms with E-state index < -0.39 is 6.10 Å². The lowest BCUT2D eigenvalue weighted by atomic mass is 10.1. The molecule has 1 atom stereocenters. The van der Waals surface area contributed by atoms with Gasteiger partial charge in [0.1, 0.15) is 13.2 Å². The maximum Gasteiger partial charge on any atom is 0.306 e. The number of hydrogen-bond acceptors (Lipinski definition) is 6. The molecule has 0 aromatic rings. The van der Waals surface area contributed by atoms with E-state index in [2.05, 4.69) is 75.5 Å². The summed E-state index contributed by atoms with van der Waals surface area (Å²) in [6, 6.07) is 0. The molecule has 0 N–H and O–H groups in total. The van der Waals surface area contributed by atoms with Crippen molar-refractivity contribution in [1.29, 1.82) is 0 Å². The van der Waals surface area contributed by atoms with Crippen LogP contribution in [0.5, 0.6) is 0 Å². The van der Waals surface area contributed by atoms with Crippen LogP contribution in [0.3, 0.4) is 0 Å². The quantitative estimate of drug-likeness (QED) is 0.0200. The fourth-order valence-electron chi connectivity index (χ4n) is 6.56. The summed E-state index contributed by atoms with van der Waals surface area (Å²) in [5.41, 5.74) is 0. The fourth-order valence-corrected chi connectivity index (χ4v) is 6.56. The molecule has 0 rings (SSSR count). The summed E-state index contributed by atoms with van der Waals surface area (Å²) in [6.45, 7) is 6.42. The zero-order valence-electron chi connectivity index (χ0n) is 38.5. The van der Waals surface area contributed by atoms with Gasteiger partial charge in [-0.05, 0) is 89.9 Å². The molecule has 6 nitrogen and oxygen atoms in total. The molecule has 0 aliphatic heterocycles. The molecule has 0 spiro atoms. The van der Waals surface area contributed by atoms with E-state index in [-0.39, 0.29) is 31.1 Å². The first-order chi connectivity index (χ1) is 29.0. The Bertz CT molecular complexity index is 1130. The zero-order chi connectivity index (χ0) is 43.0. The summed E-state index contributed by atoms with van der Waals surface area (Å²) >= 11 is 0. The van der Waals surface area contributed by atoms with Gasteiger partial charge in [0.15, 0.2) is 6.10 Å². The van der Waals surface area contributed by atoms with E-state index in [4.69, 9.17) is 14.2 Å². The van der Waals surface area contributed by atoms with Crippen molar-refractivity contribution in [2.24, 2.45) is 0 Å². The average molecular weight is 823 g/mol. The Morgan fingerprint density at radius 1 is 0.356 bits per heavy atom. The standard InChI is InChI=1S/C53H90O6/c1-4-7-10-13-16-19-22-25-27-29-31-34-37-40-43-46-52(55)58-49-50(48-57-51(54)45-42-39-36-33-30-24-21-18-15-12-9-6-3)59-53(56)47-44-41-38-35-32-28-26-23-20-17-14-11-8-5-2/h7,10,13,16,18-19,21-22,25,27-28,32,50H,4-6,8-9,11-12,14-15,17,20,23-24,26,29-31,33-49H2,1-3H3/b10-7-,16-13-,21-18-,22-19-,27-25-,32-28-. The molecule has 0 aromatic heterocycles. The smallest absolute Gasteiger partial charge is 0.306 e. The normalized spacial score (nSPS) is 12.7. The lowest BCUT2D eigenvalue weighted by Crippen LogP contribution is -2.30. The van der Waals surface area contributed by atoms with Crippen LogP contribution in [0.2, 0.25) is 0 Å². The van der Waals surface area contributed by atoms with Gasteiger partial charge >= 0.3 is 17.9 Å². The largest absolute Gasteiger partial charge is 0.462 e. The zero-order valence-corrected chi connectivity index (χ0v) is 38.5. The van der Waals surface area contributed by atoms with E-state index in [0.717, 1.165) is 103 Å². The van der Waals surface area contributed by atoms with Crippen molar-refractivity contribution >= 4 is 17.9 Å². The highest BCUT2D eigenvalue weighted by molar-refractivity contribution is 5.71. The Morgan fingerprint density at radius 2 is 0.678 bits per heavy atom. The van der Waals surface area contributed by atoms with Crippen molar-refractivity contribution in [2.45, 2.75) is 232 Å². The SMILES string of the molecule is CC\C=C/C=C\C=C/C=C\CCCCCCCC(=O)OCC(COC(=O)CCCCCCC/C=C\CCCCC)OC(=O)CCCCC/C=C\CCCCCCCCC. The van der Waals surface area contributed by atoms with Gasteiger partial charge < -0.3 is 14.2 Å². The molecule has 0 bridgehead atoms. The Balaban J connectivity index is 4.46. The van der Waals surface area contributed by atoms with Crippen LogP contribution in [0.25, 0.3) is 0 Å². The number of unbranched alkanes of at least 4 members (excludes halogenated alkanes) is 23. The van der Waals surface area contributed by atoms with Crippen LogP contribution in [-0.4, -0.2) is 37.2 Å². The molecule has 0 aliphatic rings. The van der Waals surface area contributed by atoms with Crippen LogP contribution in [0.1, 0.15) is 226 Å². The van der Waals surface area contributed by atoms with Crippen LogP contribution in [0.15, 0.2) is 72.9 Å². The molecule has 0 saturated carbocycles. The van der Waals surface area contributed by atoms with Crippen LogP contribution in [-0.2, 0) is 28.6 Å². The first-order valence-corrected chi connectivity index (χ1v) is 24.5. The van der Waals surface area contributed by atoms with Crippen molar-refractivity contribution in [1.82, 2.24) is 0 Å². The third-order valence-corrected chi connectivity index (χ3v) is 10.3. The summed E-state index contributed by atoms with van der Waals surface area (Å²) in [5.74, 6) is -0.944. The lowest BCUT2D eigenvalue weighted by Gasteiger charge is -2.18. The molecule has 0 aromatic carbocycles. The topological polar surface area (TPSA) is 78.9 Å². The molecule has 0 amide bonds. The minimum Gasteiger partial charge on any atom is -0.462 e. The number of esters is 3. The maximum absolute atomic E-state index is 12.8. The molecule has 0 radical (unpaired) electrons. The number of ether oxygens (including phenoxy) is 3. The van der Waals surface area contributed by atoms with E-state index in [1.54, 1.807) is 0 Å². The Hall–Kier alpha value is -3.15. The highest BCUT2D eigenvalue weighted by Gasteiger charge is 2.19. The van der Waals surface area contributed by atoms with Crippen LogP contribution in [0.4, 0.5) is 0 Å². The fraction of sp³-hybridized carbons (Fsp3) is 0.717. The van der Waals surface area contributed by atoms with Crippen molar-refractivity contribution in [3.63, 3.8) is 0 Å². The Morgan fingerprint density at radius 3 is 1.14 bits per heavy atom. The van der Waals surface area contributed by atoms with Crippen molar-refractivity contribution in [3.8, 4) is 0 Å². The maximum atomic E-state index is 12.8. The Kier molecular flexibility index (Phi) is 45.0. The molecular formula is C53H90O6. The van der Waals surface area contributed by atoms with Gasteiger partial charge in [0.2, 0.25) is 0 Å². The number of carbonyl (C=O) groups is 3. The average Bonchev–Trinajstić information content (AvgIpc) is 3.23. The van der Waals surface area contributed by atoms with Gasteiger partial charge in [-0.2, -0.15) is 0 Å². The molecule has 0 aliphatic carbocycles. The van der Waals surface area contributed by atoms with Crippen LogP contribution < -0.4 is 0 Å². The highest BCUT2D eigenvalue weighted by atomic mass is 16.6. The number of carbonyl (C=O) groups excluding carboxylic acids is 3. The van der Waals surface area contributed by atoms with E-state index in [1.165, 1.54) is 83.5 Å². The second-order valence-corrected chi connectivity index (χ2v) is 16.1. The van der Waals surface area contributed by atoms with Gasteiger partial charge in [0, 0.05) is 19.3 Å². The number of allylic oxidation sites excluding steroid dienone is 12. The first kappa shape index (κ1) is 55.9. The molecule has 59 heavy (non-hydrogen) atoms. The van der Waals surface area contributed by atoms with E-state index >= 15 is 0 Å². The summed E-state index contributed by atoms with van der Waals surface area (Å²) in [5, 5.41) is 0. The van der Waals surface area contributed by atoms with E-state index in [9.17, 15) is 14.4 Å². The second-order valence-electron chi connectivity index (χ2n) is 16.1. The van der Waals surface area contributed by atoms with Crippen molar-refractivity contribution < 1.29 is 28.6 Å². The van der Waals surface area contributed by atoms with E-state index in [1.807, 2.05) is 18.2 Å². The van der Waals surface area contributed by atoms with Gasteiger partial charge in [0.05, 0.1) is 0 Å². The molecule has 338 valence electrons. The van der Waals surface area contributed by atoms with Gasteiger partial charge in [0.25, 0.3) is 0 Å². The molecule has 0 saturated heterocycles. The molecular weight excluding hydrogens is 733 g/mol. The first-order valence-electron chi connectivity index (χ1n) is 24.5. The third-order valence-electron chi connectivity index (χ3n) is 10.3. The lowest BCUT2D eigenvalue weighted by molar-refractivity contribution is -0.167. The van der Waals surface area contributed by atoms with E-state index in [0.29, 0.717) is 19.3 Å². The second kappa shape index (κ2) is 47.5. The minimum atomic E-state index is -0.795. The van der Waals surface area contributed by atoms with Gasteiger partial charge in [-0.15, -0.1) is 0 Å². The number of hydrogen-bond donors (Lipinski definition) is 0. The highest BCUT2D eigenvalue weighted by Crippen LogP contribution is 2.13. The summed E-state index contributed by atoms with van der Waals surface area (Å²) in [6.07, 6.45) is 58.8. The predicted molar refractivity (Wildman–Crippen MR) is 251 cm³/mol. The molecule has 0 fully saturated rings. The number of rotatable bonds is 43. The minimum absolute atomic E-state index is 0.0940. The summed E-state index contributed by atoms with van der Waals surface area (Å²) < 4.78 is 16.7. The van der Waals surface area contributed by atoms with Gasteiger partial charge in [-0.1, -0.05) is 190 Å². The Labute approximate surface area is 363 Å². The third kappa shape index (κ3) is 45.8. The monoisotopic (exact) mass is 823 g/mol. The van der Waals surface area contributed by atoms with Gasteiger partial charge in [-0.25, -0.2) is 0 Å². The molecule has 6 heteroatoms. The van der Waals surface area contributed by atoms with Gasteiger partial charge in [-0.3, -0.25) is 14.4 Å². The predicted octanol–water partition coefficient (Wildman–Crippen LogP) is 15.9. The van der Waals surface area contributed by atoms with Crippen LogP contribution >= 0.6 is 0 Å². The molecule has 1 unspecified atom stereocenters. The summed E-state index contributed by atoms with van der Waals surface area (Å²) in [7, 11) is 0. The van der Waals surface area contributed by atoms with Crippen LogP contribution in [0, 0.1) is 0 Å². The van der Waals surface area contributed by atoms with Crippen molar-refractivity contribution in [3.05, 3.63) is 72.9 Å².